The first-order valence-corrected chi connectivity index (χ1v) is 6.23. The first kappa shape index (κ1) is 15.2. The van der Waals surface area contributed by atoms with Crippen molar-refractivity contribution in [3.8, 4) is 0 Å². The molecule has 5 heteroatoms. The molecule has 1 amide bonds. The number of hydrogen-bond donors (Lipinski definition) is 2. The molecule has 0 aliphatic carbocycles. The zero-order valence-electron chi connectivity index (χ0n) is 11.3. The van der Waals surface area contributed by atoms with Crippen molar-refractivity contribution < 1.29 is 14.7 Å². The van der Waals surface area contributed by atoms with E-state index in [1.807, 2.05) is 37.2 Å². The van der Waals surface area contributed by atoms with Crippen molar-refractivity contribution in [2.24, 2.45) is 0 Å². The van der Waals surface area contributed by atoms with Crippen molar-refractivity contribution in [3.63, 3.8) is 0 Å². The summed E-state index contributed by atoms with van der Waals surface area (Å²) in [5.74, 6) is -0.898. The summed E-state index contributed by atoms with van der Waals surface area (Å²) in [4.78, 5) is 24.3. The van der Waals surface area contributed by atoms with Crippen LogP contribution in [0.4, 0.5) is 5.69 Å². The number of carbonyl (C=O) groups excluding carboxylic acids is 1. The maximum Gasteiger partial charge on any atom is 0.303 e. The number of benzene rings is 1. The van der Waals surface area contributed by atoms with Crippen molar-refractivity contribution in [2.75, 3.05) is 26.0 Å². The molecule has 5 nitrogen and oxygen atoms in total. The molecule has 0 saturated carbocycles. The number of carboxylic acid groups (broad SMARTS) is 1. The number of rotatable bonds is 7. The highest BCUT2D eigenvalue weighted by Gasteiger charge is 2.08. The summed E-state index contributed by atoms with van der Waals surface area (Å²) in [6.45, 7) is 0.684. The Balaban J connectivity index is 2.61. The van der Waals surface area contributed by atoms with Gasteiger partial charge in [0, 0.05) is 25.1 Å². The zero-order chi connectivity index (χ0) is 14.3. The molecule has 0 bridgehead atoms. The average molecular weight is 264 g/mol. The Morgan fingerprint density at radius 1 is 1.21 bits per heavy atom. The minimum atomic E-state index is -0.839. The molecule has 0 unspecified atom stereocenters. The van der Waals surface area contributed by atoms with Crippen molar-refractivity contribution >= 4 is 17.6 Å². The third-order valence-electron chi connectivity index (χ3n) is 2.69. The van der Waals surface area contributed by atoms with Crippen LogP contribution in [0.2, 0.25) is 0 Å². The van der Waals surface area contributed by atoms with E-state index in [1.165, 1.54) is 0 Å². The molecule has 0 radical (unpaired) electrons. The Bertz CT molecular complexity index is 444. The smallest absolute Gasteiger partial charge is 0.303 e. The van der Waals surface area contributed by atoms with Crippen LogP contribution in [0.1, 0.15) is 18.4 Å². The van der Waals surface area contributed by atoms with Crippen molar-refractivity contribution in [1.29, 1.82) is 0 Å². The second-order valence-corrected chi connectivity index (χ2v) is 4.65. The fourth-order valence-corrected chi connectivity index (χ4v) is 1.64. The fourth-order valence-electron chi connectivity index (χ4n) is 1.64. The number of hydrogen-bond acceptors (Lipinski definition) is 3. The maximum atomic E-state index is 11.8. The second-order valence-electron chi connectivity index (χ2n) is 4.65. The van der Waals surface area contributed by atoms with Gasteiger partial charge in [-0.25, -0.2) is 0 Å². The molecule has 0 fully saturated rings. The van der Waals surface area contributed by atoms with Gasteiger partial charge in [0.1, 0.15) is 0 Å². The number of nitrogens with zero attached hydrogens (tertiary/aromatic N) is 1. The van der Waals surface area contributed by atoms with E-state index in [9.17, 15) is 9.59 Å². The van der Waals surface area contributed by atoms with Gasteiger partial charge in [-0.15, -0.1) is 0 Å². The summed E-state index contributed by atoms with van der Waals surface area (Å²) in [5, 5.41) is 11.5. The molecule has 1 aromatic carbocycles. The van der Waals surface area contributed by atoms with Crippen LogP contribution in [-0.4, -0.2) is 42.5 Å². The summed E-state index contributed by atoms with van der Waals surface area (Å²) < 4.78 is 0. The molecule has 0 saturated heterocycles. The minimum absolute atomic E-state index is 0.0588. The highest BCUT2D eigenvalue weighted by molar-refractivity contribution is 5.91. The number of carboxylic acids is 1. The van der Waals surface area contributed by atoms with E-state index in [0.29, 0.717) is 25.1 Å². The molecule has 104 valence electrons. The summed E-state index contributed by atoms with van der Waals surface area (Å²) in [5.41, 5.74) is 1.55. The van der Waals surface area contributed by atoms with Gasteiger partial charge in [0.15, 0.2) is 0 Å². The molecular formula is C14H20N2O3. The van der Waals surface area contributed by atoms with Gasteiger partial charge in [0.2, 0.25) is 5.91 Å². The molecular weight excluding hydrogens is 244 g/mol. The Labute approximate surface area is 113 Å². The maximum absolute atomic E-state index is 11.8. The van der Waals surface area contributed by atoms with Crippen LogP contribution in [-0.2, 0) is 16.0 Å². The van der Waals surface area contributed by atoms with Crippen LogP contribution < -0.4 is 5.32 Å². The van der Waals surface area contributed by atoms with Crippen LogP contribution in [0, 0.1) is 0 Å². The molecule has 1 aromatic rings. The molecule has 0 heterocycles. The van der Waals surface area contributed by atoms with Gasteiger partial charge in [0.05, 0.1) is 0 Å². The van der Waals surface area contributed by atoms with Crippen LogP contribution in [0.15, 0.2) is 24.3 Å². The number of amides is 1. The minimum Gasteiger partial charge on any atom is -0.481 e. The van der Waals surface area contributed by atoms with Gasteiger partial charge < -0.3 is 15.3 Å². The topological polar surface area (TPSA) is 69.6 Å². The molecule has 19 heavy (non-hydrogen) atoms. The number of nitrogens with one attached hydrogen (secondary N) is 1. The van der Waals surface area contributed by atoms with Gasteiger partial charge >= 0.3 is 5.97 Å². The van der Waals surface area contributed by atoms with E-state index in [1.54, 1.807) is 6.07 Å². The van der Waals surface area contributed by atoms with Crippen molar-refractivity contribution in [3.05, 3.63) is 29.8 Å². The van der Waals surface area contributed by atoms with Gasteiger partial charge in [-0.3, -0.25) is 9.59 Å². The summed E-state index contributed by atoms with van der Waals surface area (Å²) >= 11 is 0. The quantitative estimate of drug-likeness (QED) is 0.784. The first-order chi connectivity index (χ1) is 8.99. The lowest BCUT2D eigenvalue weighted by Crippen LogP contribution is -2.21. The van der Waals surface area contributed by atoms with E-state index in [0.717, 1.165) is 5.56 Å². The zero-order valence-corrected chi connectivity index (χ0v) is 11.3. The first-order valence-electron chi connectivity index (χ1n) is 6.23. The van der Waals surface area contributed by atoms with Gasteiger partial charge in [-0.1, -0.05) is 18.2 Å². The van der Waals surface area contributed by atoms with E-state index in [2.05, 4.69) is 5.32 Å². The Hall–Kier alpha value is -1.88. The summed E-state index contributed by atoms with van der Waals surface area (Å²) in [7, 11) is 3.82. The lowest BCUT2D eigenvalue weighted by atomic mass is 10.1. The molecule has 1 rings (SSSR count). The Morgan fingerprint density at radius 2 is 1.89 bits per heavy atom. The van der Waals surface area contributed by atoms with Crippen molar-refractivity contribution in [2.45, 2.75) is 19.3 Å². The van der Waals surface area contributed by atoms with Gasteiger partial charge in [-0.2, -0.15) is 0 Å². The number of anilines is 1. The lowest BCUT2D eigenvalue weighted by Gasteiger charge is -2.12. The van der Waals surface area contributed by atoms with Gasteiger partial charge in [-0.05, 0) is 32.1 Å². The third kappa shape index (κ3) is 6.01. The number of carbonyl (C=O) groups is 2. The van der Waals surface area contributed by atoms with E-state index < -0.39 is 5.97 Å². The standard InChI is InChI=1S/C14H20N2O3/c1-16(2)10-9-13(17)15-12-6-4-3-5-11(12)7-8-14(18)19/h3-6H,7-10H2,1-2H3,(H,15,17)(H,18,19). The monoisotopic (exact) mass is 264 g/mol. The fraction of sp³-hybridized carbons (Fsp3) is 0.429. The van der Waals surface area contributed by atoms with Gasteiger partial charge in [0.25, 0.3) is 0 Å². The third-order valence-corrected chi connectivity index (χ3v) is 2.69. The van der Waals surface area contributed by atoms with Crippen LogP contribution in [0.25, 0.3) is 0 Å². The van der Waals surface area contributed by atoms with Crippen LogP contribution in [0.3, 0.4) is 0 Å². The highest BCUT2D eigenvalue weighted by Crippen LogP contribution is 2.17. The molecule has 0 atom stereocenters. The largest absolute Gasteiger partial charge is 0.481 e. The molecule has 0 aliphatic rings. The highest BCUT2D eigenvalue weighted by atomic mass is 16.4. The SMILES string of the molecule is CN(C)CCC(=O)Nc1ccccc1CCC(=O)O. The number of aliphatic carboxylic acids is 1. The second kappa shape index (κ2) is 7.53. The summed E-state index contributed by atoms with van der Waals surface area (Å²) in [6.07, 6.45) is 0.893. The van der Waals surface area contributed by atoms with E-state index in [4.69, 9.17) is 5.11 Å². The predicted octanol–water partition coefficient (Wildman–Crippen LogP) is 1.59. The Morgan fingerprint density at radius 3 is 2.53 bits per heavy atom. The number of aryl methyl sites for hydroxylation is 1. The average Bonchev–Trinajstić information content (AvgIpc) is 2.35. The van der Waals surface area contributed by atoms with E-state index >= 15 is 0 Å². The molecule has 0 spiro atoms. The Kier molecular flexibility index (Phi) is 6.02. The normalized spacial score (nSPS) is 10.5. The van der Waals surface area contributed by atoms with Crippen LogP contribution >= 0.6 is 0 Å². The van der Waals surface area contributed by atoms with Crippen molar-refractivity contribution in [1.82, 2.24) is 4.90 Å². The molecule has 2 N–H and O–H groups in total. The van der Waals surface area contributed by atoms with E-state index in [-0.39, 0.29) is 12.3 Å². The lowest BCUT2D eigenvalue weighted by molar-refractivity contribution is -0.136. The summed E-state index contributed by atoms with van der Waals surface area (Å²) in [6, 6.07) is 7.30. The van der Waals surface area contributed by atoms with Crippen LogP contribution in [0.5, 0.6) is 0 Å². The molecule has 0 aromatic heterocycles. The molecule has 0 aliphatic heterocycles. The number of para-hydroxylation sites is 1. The predicted molar refractivity (Wildman–Crippen MR) is 74.2 cm³/mol.